The van der Waals surface area contributed by atoms with Gasteiger partial charge in [-0.25, -0.2) is 14.2 Å². The van der Waals surface area contributed by atoms with Gasteiger partial charge in [0.15, 0.2) is 11.5 Å². The summed E-state index contributed by atoms with van der Waals surface area (Å²) in [6.45, 7) is 0. The van der Waals surface area contributed by atoms with Gasteiger partial charge in [0.05, 0.1) is 7.11 Å². The third-order valence-electron chi connectivity index (χ3n) is 1.58. The third-order valence-corrected chi connectivity index (χ3v) is 1.58. The highest BCUT2D eigenvalue weighted by Crippen LogP contribution is 2.07. The number of methoxy groups -OCH3 is 1. The molecule has 1 aromatic heterocycles. The average molecular weight is 206 g/mol. The van der Waals surface area contributed by atoms with Crippen molar-refractivity contribution in [2.45, 2.75) is 0 Å². The number of halogens is 1. The predicted molar refractivity (Wildman–Crippen MR) is 50.0 cm³/mol. The van der Waals surface area contributed by atoms with Gasteiger partial charge in [-0.1, -0.05) is 0 Å². The Labute approximate surface area is 85.6 Å². The fraction of sp³-hybridized carbons (Fsp3) is 0.100. The van der Waals surface area contributed by atoms with Gasteiger partial charge in [0.1, 0.15) is 6.07 Å². The topological polar surface area (TPSA) is 63.0 Å². The van der Waals surface area contributed by atoms with Crippen LogP contribution < -0.4 is 0 Å². The molecule has 1 aromatic rings. The van der Waals surface area contributed by atoms with Crippen molar-refractivity contribution in [2.24, 2.45) is 0 Å². The molecule has 76 valence electrons. The number of nitrogens with zero attached hydrogens (tertiary/aromatic N) is 2. The number of carbonyl (C=O) groups is 1. The number of hydrogen-bond donors (Lipinski definition) is 0. The molecule has 0 saturated carbocycles. The molecule has 0 aliphatic rings. The Morgan fingerprint density at radius 2 is 2.47 bits per heavy atom. The molecule has 0 aromatic carbocycles. The molecular weight excluding hydrogens is 199 g/mol. The van der Waals surface area contributed by atoms with Gasteiger partial charge in [0, 0.05) is 12.3 Å². The number of hydrogen-bond acceptors (Lipinski definition) is 4. The van der Waals surface area contributed by atoms with Crippen LogP contribution in [0.5, 0.6) is 0 Å². The summed E-state index contributed by atoms with van der Waals surface area (Å²) in [6, 6.07) is 2.71. The Kier molecular flexibility index (Phi) is 3.52. The van der Waals surface area contributed by atoms with Crippen LogP contribution in [0, 0.1) is 17.1 Å². The Balaban J connectivity index is 2.90. The van der Waals surface area contributed by atoms with Crippen molar-refractivity contribution in [1.29, 1.82) is 5.26 Å². The molecule has 0 aliphatic carbocycles. The monoisotopic (exact) mass is 206 g/mol. The Morgan fingerprint density at radius 3 is 3.00 bits per heavy atom. The number of aromatic nitrogens is 1. The van der Waals surface area contributed by atoms with E-state index in [0.717, 1.165) is 12.1 Å². The van der Waals surface area contributed by atoms with Gasteiger partial charge in [-0.3, -0.25) is 0 Å². The first-order valence-corrected chi connectivity index (χ1v) is 3.99. The Hall–Kier alpha value is -2.22. The van der Waals surface area contributed by atoms with Crippen LogP contribution in [0.25, 0.3) is 6.08 Å². The van der Waals surface area contributed by atoms with E-state index in [4.69, 9.17) is 5.26 Å². The number of rotatable bonds is 2. The molecule has 0 bridgehead atoms. The van der Waals surface area contributed by atoms with E-state index in [2.05, 4.69) is 9.72 Å². The zero-order valence-corrected chi connectivity index (χ0v) is 7.90. The number of esters is 1. The van der Waals surface area contributed by atoms with E-state index in [1.165, 1.54) is 19.4 Å². The quantitative estimate of drug-likeness (QED) is 0.540. The first kappa shape index (κ1) is 10.9. The van der Waals surface area contributed by atoms with E-state index in [9.17, 15) is 9.18 Å². The van der Waals surface area contributed by atoms with Gasteiger partial charge in [0.2, 0.25) is 0 Å². The number of nitriles is 1. The van der Waals surface area contributed by atoms with Crippen LogP contribution in [0.2, 0.25) is 0 Å². The van der Waals surface area contributed by atoms with Gasteiger partial charge in [-0.05, 0) is 17.7 Å². The number of carbonyl (C=O) groups excluding carboxylic acids is 1. The molecule has 15 heavy (non-hydrogen) atoms. The highest BCUT2D eigenvalue weighted by atomic mass is 19.1. The van der Waals surface area contributed by atoms with Crippen molar-refractivity contribution >= 4 is 12.0 Å². The maximum atomic E-state index is 13.0. The van der Waals surface area contributed by atoms with Crippen molar-refractivity contribution in [1.82, 2.24) is 4.98 Å². The van der Waals surface area contributed by atoms with Gasteiger partial charge < -0.3 is 4.74 Å². The molecule has 5 heteroatoms. The van der Waals surface area contributed by atoms with E-state index in [1.54, 1.807) is 6.07 Å². The van der Waals surface area contributed by atoms with Crippen molar-refractivity contribution in [3.8, 4) is 6.07 Å². The summed E-state index contributed by atoms with van der Waals surface area (Å²) in [5.41, 5.74) is 0.113. The van der Waals surface area contributed by atoms with Crippen LogP contribution in [0.15, 0.2) is 18.3 Å². The summed E-state index contributed by atoms with van der Waals surface area (Å²) in [5.74, 6) is -1.26. The molecule has 0 fully saturated rings. The van der Waals surface area contributed by atoms with Crippen LogP contribution >= 0.6 is 0 Å². The first-order chi connectivity index (χ1) is 7.17. The summed E-state index contributed by atoms with van der Waals surface area (Å²) in [6.07, 6.45) is 3.78. The molecule has 0 aliphatic heterocycles. The minimum Gasteiger partial charge on any atom is -0.466 e. The van der Waals surface area contributed by atoms with Crippen LogP contribution in [-0.2, 0) is 9.53 Å². The lowest BCUT2D eigenvalue weighted by Gasteiger charge is -1.95. The Bertz CT molecular complexity index is 449. The van der Waals surface area contributed by atoms with Gasteiger partial charge >= 0.3 is 5.97 Å². The Morgan fingerprint density at radius 1 is 1.73 bits per heavy atom. The van der Waals surface area contributed by atoms with Crippen LogP contribution in [0.4, 0.5) is 4.39 Å². The zero-order chi connectivity index (χ0) is 11.3. The van der Waals surface area contributed by atoms with Gasteiger partial charge in [-0.15, -0.1) is 0 Å². The second-order valence-corrected chi connectivity index (χ2v) is 2.57. The summed E-state index contributed by atoms with van der Waals surface area (Å²) < 4.78 is 17.4. The van der Waals surface area contributed by atoms with Gasteiger partial charge in [0.25, 0.3) is 0 Å². The van der Waals surface area contributed by atoms with E-state index in [1.807, 2.05) is 0 Å². The predicted octanol–water partition coefficient (Wildman–Crippen LogP) is 1.28. The summed E-state index contributed by atoms with van der Waals surface area (Å²) in [7, 11) is 1.24. The largest absolute Gasteiger partial charge is 0.466 e. The lowest BCUT2D eigenvalue weighted by atomic mass is 10.2. The molecule has 0 spiro atoms. The third kappa shape index (κ3) is 2.88. The molecule has 0 amide bonds. The average Bonchev–Trinajstić information content (AvgIpc) is 2.26. The van der Waals surface area contributed by atoms with Gasteiger partial charge in [-0.2, -0.15) is 5.26 Å². The maximum Gasteiger partial charge on any atom is 0.330 e. The van der Waals surface area contributed by atoms with Crippen LogP contribution in [0.1, 0.15) is 11.3 Å². The van der Waals surface area contributed by atoms with Crippen LogP contribution in [0.3, 0.4) is 0 Å². The fourth-order valence-corrected chi connectivity index (χ4v) is 0.858. The van der Waals surface area contributed by atoms with Crippen molar-refractivity contribution in [3.63, 3.8) is 0 Å². The van der Waals surface area contributed by atoms with E-state index in [0.29, 0.717) is 5.56 Å². The van der Waals surface area contributed by atoms with Crippen molar-refractivity contribution < 1.29 is 13.9 Å². The highest BCUT2D eigenvalue weighted by Gasteiger charge is 2.02. The summed E-state index contributed by atoms with van der Waals surface area (Å²) >= 11 is 0. The molecule has 1 heterocycles. The first-order valence-electron chi connectivity index (χ1n) is 3.99. The lowest BCUT2D eigenvalue weighted by molar-refractivity contribution is -0.134. The lowest BCUT2D eigenvalue weighted by Crippen LogP contribution is -1.94. The normalized spacial score (nSPS) is 9.93. The summed E-state index contributed by atoms with van der Waals surface area (Å²) in [5, 5.41) is 8.42. The molecule has 0 radical (unpaired) electrons. The molecule has 0 unspecified atom stereocenters. The minimum atomic E-state index is -0.718. The molecule has 1 rings (SSSR count). The zero-order valence-electron chi connectivity index (χ0n) is 7.90. The standard InChI is InChI=1S/C10H7FN2O2/c1-15-10(14)3-2-7-4-8(11)9(5-12)13-6-7/h2-4,6H,1H3. The molecule has 0 saturated heterocycles. The SMILES string of the molecule is COC(=O)C=Cc1cnc(C#N)c(F)c1. The second-order valence-electron chi connectivity index (χ2n) is 2.57. The highest BCUT2D eigenvalue weighted by molar-refractivity contribution is 5.86. The second kappa shape index (κ2) is 4.86. The van der Waals surface area contributed by atoms with E-state index < -0.39 is 11.8 Å². The smallest absolute Gasteiger partial charge is 0.330 e. The fourth-order valence-electron chi connectivity index (χ4n) is 0.858. The van der Waals surface area contributed by atoms with Crippen molar-refractivity contribution in [3.05, 3.63) is 35.4 Å². The molecular formula is C10H7FN2O2. The molecule has 4 nitrogen and oxygen atoms in total. The van der Waals surface area contributed by atoms with E-state index >= 15 is 0 Å². The number of pyridine rings is 1. The van der Waals surface area contributed by atoms with Crippen LogP contribution in [-0.4, -0.2) is 18.1 Å². The number of ether oxygens (including phenoxy) is 1. The maximum absolute atomic E-state index is 13.0. The van der Waals surface area contributed by atoms with E-state index in [-0.39, 0.29) is 5.69 Å². The molecule has 0 atom stereocenters. The molecule has 0 N–H and O–H groups in total. The minimum absolute atomic E-state index is 0.273. The van der Waals surface area contributed by atoms with Crippen molar-refractivity contribution in [2.75, 3.05) is 7.11 Å². The summed E-state index contributed by atoms with van der Waals surface area (Å²) in [4.78, 5) is 14.3.